The van der Waals surface area contributed by atoms with E-state index in [4.69, 9.17) is 0 Å². The molecule has 0 heterocycles. The average Bonchev–Trinajstić information content (AvgIpc) is 3.17. The van der Waals surface area contributed by atoms with Crippen molar-refractivity contribution in [3.63, 3.8) is 0 Å². The zero-order valence-electron chi connectivity index (χ0n) is 15.8. The van der Waals surface area contributed by atoms with Crippen LogP contribution < -0.4 is 5.32 Å². The number of hydrogen-bond donors (Lipinski definition) is 1. The Kier molecular flexibility index (Phi) is 5.09. The smallest absolute Gasteiger partial charge is 0.269 e. The maximum absolute atomic E-state index is 14.1. The molecular weight excluding hydrogens is 355 g/mol. The molecule has 144 valence electrons. The first-order chi connectivity index (χ1) is 13.5. The second-order valence-electron chi connectivity index (χ2n) is 7.63. The van der Waals surface area contributed by atoms with Gasteiger partial charge in [0.1, 0.15) is 5.82 Å². The van der Waals surface area contributed by atoms with Gasteiger partial charge in [0.2, 0.25) is 0 Å². The van der Waals surface area contributed by atoms with E-state index >= 15 is 0 Å². The van der Waals surface area contributed by atoms with Crippen molar-refractivity contribution in [3.05, 3.63) is 87.7 Å². The Morgan fingerprint density at radius 2 is 1.75 bits per heavy atom. The molecular formula is C23H23FN2O2. The molecule has 0 saturated heterocycles. The maximum Gasteiger partial charge on any atom is 0.269 e. The Labute approximate surface area is 163 Å². The van der Waals surface area contributed by atoms with Gasteiger partial charge in [0.05, 0.1) is 4.92 Å². The Balaban J connectivity index is 1.46. The van der Waals surface area contributed by atoms with Gasteiger partial charge in [-0.2, -0.15) is 0 Å². The van der Waals surface area contributed by atoms with Gasteiger partial charge in [0.25, 0.3) is 5.69 Å². The van der Waals surface area contributed by atoms with E-state index in [1.54, 1.807) is 18.2 Å². The van der Waals surface area contributed by atoms with Gasteiger partial charge in [0, 0.05) is 29.6 Å². The van der Waals surface area contributed by atoms with Crippen molar-refractivity contribution in [1.82, 2.24) is 5.32 Å². The fourth-order valence-electron chi connectivity index (χ4n) is 4.41. The standard InChI is InChI=1S/C23H23FN2O2/c1-15(20-12-13-23(24)22-5-3-2-4-21(20)22)25-18-9-6-17(14-18)16-7-10-19(11-8-16)26(27)28/h2-5,7-8,10-13,15,17-18,25H,6,9,14H2,1H3. The third-order valence-electron chi connectivity index (χ3n) is 5.86. The average molecular weight is 378 g/mol. The second-order valence-corrected chi connectivity index (χ2v) is 7.63. The molecule has 0 bridgehead atoms. The molecule has 1 saturated carbocycles. The number of nitro benzene ring substituents is 1. The second kappa shape index (κ2) is 7.68. The molecule has 0 radical (unpaired) electrons. The van der Waals surface area contributed by atoms with Crippen molar-refractivity contribution in [1.29, 1.82) is 0 Å². The number of nitrogens with zero attached hydrogens (tertiary/aromatic N) is 1. The van der Waals surface area contributed by atoms with Crippen LogP contribution in [0.5, 0.6) is 0 Å². The van der Waals surface area contributed by atoms with Crippen LogP contribution in [-0.4, -0.2) is 11.0 Å². The number of hydrogen-bond acceptors (Lipinski definition) is 3. The Morgan fingerprint density at radius 3 is 2.46 bits per heavy atom. The van der Waals surface area contributed by atoms with Crippen molar-refractivity contribution in [2.24, 2.45) is 0 Å². The highest BCUT2D eigenvalue weighted by Gasteiger charge is 2.27. The summed E-state index contributed by atoms with van der Waals surface area (Å²) in [5, 5.41) is 16.1. The molecule has 1 fully saturated rings. The van der Waals surface area contributed by atoms with E-state index in [1.165, 1.54) is 0 Å². The number of non-ortho nitro benzene ring substituents is 1. The normalized spacial score (nSPS) is 20.4. The van der Waals surface area contributed by atoms with Crippen molar-refractivity contribution in [2.75, 3.05) is 0 Å². The molecule has 1 aliphatic rings. The predicted molar refractivity (Wildman–Crippen MR) is 109 cm³/mol. The van der Waals surface area contributed by atoms with Gasteiger partial charge in [-0.1, -0.05) is 42.5 Å². The van der Waals surface area contributed by atoms with Crippen LogP contribution in [-0.2, 0) is 0 Å². The zero-order valence-corrected chi connectivity index (χ0v) is 15.8. The fourth-order valence-corrected chi connectivity index (χ4v) is 4.41. The van der Waals surface area contributed by atoms with Crippen molar-refractivity contribution in [3.8, 4) is 0 Å². The number of benzene rings is 3. The summed E-state index contributed by atoms with van der Waals surface area (Å²) in [4.78, 5) is 10.5. The summed E-state index contributed by atoms with van der Waals surface area (Å²) in [7, 11) is 0. The van der Waals surface area contributed by atoms with Gasteiger partial charge in [-0.25, -0.2) is 4.39 Å². The van der Waals surface area contributed by atoms with Gasteiger partial charge in [-0.3, -0.25) is 10.1 Å². The number of nitrogens with one attached hydrogen (secondary N) is 1. The van der Waals surface area contributed by atoms with Gasteiger partial charge in [-0.05, 0) is 54.7 Å². The number of halogens is 1. The molecule has 1 N–H and O–H groups in total. The summed E-state index contributed by atoms with van der Waals surface area (Å²) in [6.07, 6.45) is 3.12. The van der Waals surface area contributed by atoms with Gasteiger partial charge in [0.15, 0.2) is 0 Å². The van der Waals surface area contributed by atoms with E-state index in [-0.39, 0.29) is 22.5 Å². The lowest BCUT2D eigenvalue weighted by atomic mass is 9.96. The van der Waals surface area contributed by atoms with Crippen molar-refractivity contribution in [2.45, 2.75) is 44.2 Å². The molecule has 4 nitrogen and oxygen atoms in total. The summed E-state index contributed by atoms with van der Waals surface area (Å²) in [5.74, 6) is 0.223. The SMILES string of the molecule is CC(NC1CCC(c2ccc([N+](=O)[O-])cc2)C1)c1ccc(F)c2ccccc12. The van der Waals surface area contributed by atoms with Crippen LogP contribution in [0, 0.1) is 15.9 Å². The minimum Gasteiger partial charge on any atom is -0.307 e. The highest BCUT2D eigenvalue weighted by molar-refractivity contribution is 5.86. The van der Waals surface area contributed by atoms with E-state index in [1.807, 2.05) is 42.5 Å². The van der Waals surface area contributed by atoms with Crippen LogP contribution in [0.2, 0.25) is 0 Å². The van der Waals surface area contributed by atoms with E-state index in [0.717, 1.165) is 35.8 Å². The molecule has 5 heteroatoms. The monoisotopic (exact) mass is 378 g/mol. The first-order valence-corrected chi connectivity index (χ1v) is 9.70. The number of rotatable bonds is 5. The molecule has 3 aromatic rings. The third kappa shape index (κ3) is 3.62. The molecule has 28 heavy (non-hydrogen) atoms. The first-order valence-electron chi connectivity index (χ1n) is 9.70. The lowest BCUT2D eigenvalue weighted by Gasteiger charge is -2.22. The van der Waals surface area contributed by atoms with Crippen LogP contribution >= 0.6 is 0 Å². The topological polar surface area (TPSA) is 55.2 Å². The largest absolute Gasteiger partial charge is 0.307 e. The first kappa shape index (κ1) is 18.6. The van der Waals surface area contributed by atoms with Crippen LogP contribution in [0.15, 0.2) is 60.7 Å². The summed E-state index contributed by atoms with van der Waals surface area (Å²) in [6, 6.07) is 18.4. The molecule has 3 aromatic carbocycles. The minimum atomic E-state index is -0.364. The lowest BCUT2D eigenvalue weighted by Crippen LogP contribution is -2.29. The highest BCUT2D eigenvalue weighted by Crippen LogP contribution is 2.36. The van der Waals surface area contributed by atoms with Gasteiger partial charge in [-0.15, -0.1) is 0 Å². The summed E-state index contributed by atoms with van der Waals surface area (Å²) in [5.41, 5.74) is 2.40. The molecule has 3 atom stereocenters. The zero-order chi connectivity index (χ0) is 19.7. The van der Waals surface area contributed by atoms with Crippen LogP contribution in [0.3, 0.4) is 0 Å². The quantitative estimate of drug-likeness (QED) is 0.446. The predicted octanol–water partition coefficient (Wildman–Crippen LogP) is 5.87. The maximum atomic E-state index is 14.1. The molecule has 3 unspecified atom stereocenters. The highest BCUT2D eigenvalue weighted by atomic mass is 19.1. The van der Waals surface area contributed by atoms with Crippen LogP contribution in [0.1, 0.15) is 49.3 Å². The third-order valence-corrected chi connectivity index (χ3v) is 5.86. The van der Waals surface area contributed by atoms with Crippen LogP contribution in [0.25, 0.3) is 10.8 Å². The van der Waals surface area contributed by atoms with E-state index in [2.05, 4.69) is 12.2 Å². The molecule has 0 aliphatic heterocycles. The Morgan fingerprint density at radius 1 is 1.04 bits per heavy atom. The molecule has 4 rings (SSSR count). The van der Waals surface area contributed by atoms with Crippen molar-refractivity contribution >= 4 is 16.5 Å². The Bertz CT molecular complexity index is 1000. The Hall–Kier alpha value is -2.79. The molecule has 0 amide bonds. The molecule has 0 spiro atoms. The summed E-state index contributed by atoms with van der Waals surface area (Å²) < 4.78 is 14.1. The molecule has 0 aromatic heterocycles. The number of fused-ring (bicyclic) bond motifs is 1. The minimum absolute atomic E-state index is 0.117. The van der Waals surface area contributed by atoms with Crippen molar-refractivity contribution < 1.29 is 9.31 Å². The number of nitro groups is 1. The van der Waals surface area contributed by atoms with E-state index in [9.17, 15) is 14.5 Å². The fraction of sp³-hybridized carbons (Fsp3) is 0.304. The van der Waals surface area contributed by atoms with Crippen LogP contribution in [0.4, 0.5) is 10.1 Å². The summed E-state index contributed by atoms with van der Waals surface area (Å²) in [6.45, 7) is 2.12. The van der Waals surface area contributed by atoms with Gasteiger partial charge >= 0.3 is 0 Å². The van der Waals surface area contributed by atoms with E-state index in [0.29, 0.717) is 17.3 Å². The van der Waals surface area contributed by atoms with E-state index < -0.39 is 0 Å². The van der Waals surface area contributed by atoms with Gasteiger partial charge < -0.3 is 5.32 Å². The lowest BCUT2D eigenvalue weighted by molar-refractivity contribution is -0.384. The summed E-state index contributed by atoms with van der Waals surface area (Å²) >= 11 is 0. The molecule has 1 aliphatic carbocycles.